The Hall–Kier alpha value is -2.21. The van der Waals surface area contributed by atoms with E-state index in [1.165, 1.54) is 6.07 Å². The van der Waals surface area contributed by atoms with Gasteiger partial charge < -0.3 is 10.6 Å². The highest BCUT2D eigenvalue weighted by Gasteiger charge is 2.09. The molecule has 1 heterocycles. The summed E-state index contributed by atoms with van der Waals surface area (Å²) in [6, 6.07) is 12.4. The predicted octanol–water partition coefficient (Wildman–Crippen LogP) is 4.32. The fourth-order valence-electron chi connectivity index (χ4n) is 2.00. The average molecular weight is 347 g/mol. The normalized spacial score (nSPS) is 10.6. The zero-order valence-electron chi connectivity index (χ0n) is 11.2. The summed E-state index contributed by atoms with van der Waals surface area (Å²) in [6.45, 7) is 0. The summed E-state index contributed by atoms with van der Waals surface area (Å²) >= 11 is 3.24. The van der Waals surface area contributed by atoms with Gasteiger partial charge in [0.05, 0.1) is 11.2 Å². The van der Waals surface area contributed by atoms with Crippen molar-refractivity contribution in [1.82, 2.24) is 9.97 Å². The van der Waals surface area contributed by atoms with Gasteiger partial charge in [0, 0.05) is 16.9 Å². The fraction of sp³-hybridized carbons (Fsp3) is 0.0667. The minimum absolute atomic E-state index is 0.349. The quantitative estimate of drug-likeness (QED) is 0.741. The molecule has 4 nitrogen and oxygen atoms in total. The number of nitrogens with zero attached hydrogens (tertiary/aromatic N) is 2. The van der Waals surface area contributed by atoms with Gasteiger partial charge in [-0.2, -0.15) is 4.98 Å². The van der Waals surface area contributed by atoms with Gasteiger partial charge >= 0.3 is 0 Å². The second kappa shape index (κ2) is 5.65. The Kier molecular flexibility index (Phi) is 3.70. The van der Waals surface area contributed by atoms with Gasteiger partial charge in [0.15, 0.2) is 0 Å². The van der Waals surface area contributed by atoms with Crippen molar-refractivity contribution in [3.63, 3.8) is 0 Å². The lowest BCUT2D eigenvalue weighted by atomic mass is 10.2. The summed E-state index contributed by atoms with van der Waals surface area (Å²) in [7, 11) is 1.74. The van der Waals surface area contributed by atoms with Gasteiger partial charge in [0.1, 0.15) is 11.6 Å². The number of fused-ring (bicyclic) bond motifs is 1. The fourth-order valence-corrected chi connectivity index (χ4v) is 2.34. The van der Waals surface area contributed by atoms with E-state index >= 15 is 0 Å². The number of nitrogens with one attached hydrogen (secondary N) is 2. The second-order valence-corrected chi connectivity index (χ2v) is 5.33. The van der Waals surface area contributed by atoms with Gasteiger partial charge in [0.25, 0.3) is 0 Å². The van der Waals surface area contributed by atoms with Crippen LogP contribution in [-0.2, 0) is 0 Å². The summed E-state index contributed by atoms with van der Waals surface area (Å²) in [5, 5.41) is 6.77. The number of para-hydroxylation sites is 1. The number of hydrogen-bond donors (Lipinski definition) is 2. The van der Waals surface area contributed by atoms with Crippen molar-refractivity contribution >= 4 is 44.3 Å². The van der Waals surface area contributed by atoms with Crippen LogP contribution >= 0.6 is 15.9 Å². The van der Waals surface area contributed by atoms with Crippen LogP contribution in [0.25, 0.3) is 10.9 Å². The van der Waals surface area contributed by atoms with Crippen LogP contribution in [0.3, 0.4) is 0 Å². The molecule has 0 unspecified atom stereocenters. The molecular formula is C15H12BrFN4. The number of aromatic nitrogens is 2. The minimum atomic E-state index is -0.349. The smallest absolute Gasteiger partial charge is 0.224 e. The number of benzene rings is 2. The highest BCUT2D eigenvalue weighted by atomic mass is 79.9. The first kappa shape index (κ1) is 13.8. The van der Waals surface area contributed by atoms with E-state index in [2.05, 4.69) is 36.5 Å². The maximum Gasteiger partial charge on any atom is 0.224 e. The van der Waals surface area contributed by atoms with Crippen LogP contribution in [-0.4, -0.2) is 17.0 Å². The first-order valence-electron chi connectivity index (χ1n) is 6.34. The summed E-state index contributed by atoms with van der Waals surface area (Å²) < 4.78 is 14.7. The van der Waals surface area contributed by atoms with Gasteiger partial charge in [-0.05, 0) is 30.3 Å². The van der Waals surface area contributed by atoms with Crippen molar-refractivity contribution in [3.05, 3.63) is 52.8 Å². The number of hydrogen-bond acceptors (Lipinski definition) is 4. The Balaban J connectivity index is 2.10. The van der Waals surface area contributed by atoms with Crippen LogP contribution in [0, 0.1) is 5.82 Å². The molecule has 3 rings (SSSR count). The van der Waals surface area contributed by atoms with Crippen molar-refractivity contribution < 1.29 is 4.39 Å². The molecule has 21 heavy (non-hydrogen) atoms. The first-order chi connectivity index (χ1) is 10.2. The van der Waals surface area contributed by atoms with Crippen molar-refractivity contribution in [2.75, 3.05) is 17.7 Å². The number of halogens is 2. The Morgan fingerprint density at radius 3 is 2.67 bits per heavy atom. The SMILES string of the molecule is CNc1nc(Nc2ccc(Br)cc2F)c2ccccc2n1. The van der Waals surface area contributed by atoms with E-state index in [4.69, 9.17) is 0 Å². The maximum absolute atomic E-state index is 14.0. The van der Waals surface area contributed by atoms with Gasteiger partial charge in [-0.25, -0.2) is 9.37 Å². The van der Waals surface area contributed by atoms with Crippen molar-refractivity contribution in [2.45, 2.75) is 0 Å². The number of rotatable bonds is 3. The molecule has 3 aromatic rings. The lowest BCUT2D eigenvalue weighted by Gasteiger charge is -2.11. The van der Waals surface area contributed by atoms with Crippen LogP contribution in [0.4, 0.5) is 21.8 Å². The molecule has 0 aliphatic carbocycles. The van der Waals surface area contributed by atoms with Gasteiger partial charge in [-0.3, -0.25) is 0 Å². The summed E-state index contributed by atoms with van der Waals surface area (Å²) in [5.41, 5.74) is 1.15. The molecule has 0 radical (unpaired) electrons. The lowest BCUT2D eigenvalue weighted by molar-refractivity contribution is 0.631. The van der Waals surface area contributed by atoms with Crippen molar-refractivity contribution in [3.8, 4) is 0 Å². The molecule has 0 saturated carbocycles. The largest absolute Gasteiger partial charge is 0.357 e. The van der Waals surface area contributed by atoms with Crippen LogP contribution < -0.4 is 10.6 Å². The Bertz CT molecular complexity index is 807. The topological polar surface area (TPSA) is 49.8 Å². The molecule has 0 bridgehead atoms. The molecule has 6 heteroatoms. The monoisotopic (exact) mass is 346 g/mol. The van der Waals surface area contributed by atoms with Crippen molar-refractivity contribution in [2.24, 2.45) is 0 Å². The summed E-state index contributed by atoms with van der Waals surface area (Å²) in [6.07, 6.45) is 0. The molecule has 106 valence electrons. The molecule has 2 N–H and O–H groups in total. The van der Waals surface area contributed by atoms with E-state index in [0.717, 1.165) is 10.9 Å². The third kappa shape index (κ3) is 2.80. The molecule has 0 aliphatic rings. The van der Waals surface area contributed by atoms with E-state index in [1.807, 2.05) is 24.3 Å². The highest BCUT2D eigenvalue weighted by molar-refractivity contribution is 9.10. The molecule has 0 aliphatic heterocycles. The van der Waals surface area contributed by atoms with Gasteiger partial charge in [0.2, 0.25) is 5.95 Å². The third-order valence-corrected chi connectivity index (χ3v) is 3.50. The van der Waals surface area contributed by atoms with Crippen LogP contribution in [0.1, 0.15) is 0 Å². The van der Waals surface area contributed by atoms with Gasteiger partial charge in [-0.1, -0.05) is 28.1 Å². The van der Waals surface area contributed by atoms with Crippen LogP contribution in [0.15, 0.2) is 46.9 Å². The van der Waals surface area contributed by atoms with E-state index in [-0.39, 0.29) is 5.82 Å². The van der Waals surface area contributed by atoms with E-state index in [1.54, 1.807) is 19.2 Å². The molecule has 0 amide bonds. The van der Waals surface area contributed by atoms with E-state index < -0.39 is 0 Å². The molecule has 0 spiro atoms. The molecule has 0 atom stereocenters. The van der Waals surface area contributed by atoms with Crippen LogP contribution in [0.2, 0.25) is 0 Å². The highest BCUT2D eigenvalue weighted by Crippen LogP contribution is 2.27. The molecule has 0 fully saturated rings. The van der Waals surface area contributed by atoms with Crippen LogP contribution in [0.5, 0.6) is 0 Å². The number of anilines is 3. The maximum atomic E-state index is 14.0. The molecule has 2 aromatic carbocycles. The average Bonchev–Trinajstić information content (AvgIpc) is 2.49. The Morgan fingerprint density at radius 2 is 1.90 bits per heavy atom. The Morgan fingerprint density at radius 1 is 1.10 bits per heavy atom. The molecular weight excluding hydrogens is 335 g/mol. The minimum Gasteiger partial charge on any atom is -0.357 e. The zero-order valence-corrected chi connectivity index (χ0v) is 12.8. The second-order valence-electron chi connectivity index (χ2n) is 4.41. The van der Waals surface area contributed by atoms with E-state index in [9.17, 15) is 4.39 Å². The predicted molar refractivity (Wildman–Crippen MR) is 86.5 cm³/mol. The zero-order chi connectivity index (χ0) is 14.8. The third-order valence-electron chi connectivity index (χ3n) is 3.01. The molecule has 1 aromatic heterocycles. The lowest BCUT2D eigenvalue weighted by Crippen LogP contribution is -2.02. The standard InChI is InChI=1S/C15H12BrFN4/c1-18-15-20-12-5-3-2-4-10(12)14(21-15)19-13-7-6-9(16)8-11(13)17/h2-8H,1H3,(H2,18,19,20,21). The Labute approximate surface area is 129 Å². The van der Waals surface area contributed by atoms with Gasteiger partial charge in [-0.15, -0.1) is 0 Å². The molecule has 0 saturated heterocycles. The van der Waals surface area contributed by atoms with E-state index in [0.29, 0.717) is 21.9 Å². The first-order valence-corrected chi connectivity index (χ1v) is 7.13. The van der Waals surface area contributed by atoms with Crippen molar-refractivity contribution in [1.29, 1.82) is 0 Å². The summed E-state index contributed by atoms with van der Waals surface area (Å²) in [4.78, 5) is 8.74. The summed E-state index contributed by atoms with van der Waals surface area (Å²) in [5.74, 6) is 0.693.